The van der Waals surface area contributed by atoms with Gasteiger partial charge >= 0.3 is 0 Å². The maximum Gasteiger partial charge on any atom is 0.276 e. The lowest BCUT2D eigenvalue weighted by molar-refractivity contribution is 0.338. The lowest BCUT2D eigenvalue weighted by atomic mass is 10.1. The molecule has 0 radical (unpaired) electrons. The van der Waals surface area contributed by atoms with Crippen LogP contribution in [-0.4, -0.2) is 30.4 Å². The van der Waals surface area contributed by atoms with Crippen LogP contribution in [-0.2, 0) is 26.2 Å². The van der Waals surface area contributed by atoms with Gasteiger partial charge in [0.2, 0.25) is 0 Å². The largest absolute Gasteiger partial charge is 0.508 e. The summed E-state index contributed by atoms with van der Waals surface area (Å²) in [5.74, 6) is 0.559. The summed E-state index contributed by atoms with van der Waals surface area (Å²) < 4.78 is 52.9. The second-order valence-corrected chi connectivity index (χ2v) is 14.5. The first-order chi connectivity index (χ1) is 26.9. The molecule has 56 heavy (non-hydrogen) atoms. The van der Waals surface area contributed by atoms with Crippen LogP contribution in [0.15, 0.2) is 82.4 Å². The highest BCUT2D eigenvalue weighted by Crippen LogP contribution is 2.40. The summed E-state index contributed by atoms with van der Waals surface area (Å²) in [6, 6.07) is 18.2. The molecule has 0 fully saturated rings. The van der Waals surface area contributed by atoms with Crippen molar-refractivity contribution in [3.63, 3.8) is 0 Å². The molecule has 0 atom stereocenters. The number of aromatic hydroxyl groups is 1. The van der Waals surface area contributed by atoms with E-state index in [9.17, 15) is 23.5 Å². The number of halogens is 6. The van der Waals surface area contributed by atoms with E-state index in [-0.39, 0.29) is 71.0 Å². The number of phenols is 1. The van der Waals surface area contributed by atoms with Crippen LogP contribution in [0.2, 0.25) is 20.4 Å². The van der Waals surface area contributed by atoms with E-state index in [1.165, 1.54) is 28.9 Å². The molecule has 2 aromatic heterocycles. The van der Waals surface area contributed by atoms with Gasteiger partial charge in [-0.2, -0.15) is 0 Å². The fourth-order valence-electron chi connectivity index (χ4n) is 6.70. The van der Waals surface area contributed by atoms with Crippen LogP contribution < -0.4 is 25.3 Å². The van der Waals surface area contributed by atoms with E-state index >= 15 is 0 Å². The average Bonchev–Trinajstić information content (AvgIpc) is 3.58. The Bertz CT molecular complexity index is 2570. The quantitative estimate of drug-likeness (QED) is 0.164. The number of aromatic nitrogens is 4. The van der Waals surface area contributed by atoms with Gasteiger partial charge in [-0.05, 0) is 81.1 Å². The predicted octanol–water partition coefficient (Wildman–Crippen LogP) is 10.8. The summed E-state index contributed by atoms with van der Waals surface area (Å²) in [6.07, 6.45) is 3.57. The van der Waals surface area contributed by atoms with Crippen LogP contribution >= 0.6 is 46.4 Å². The molecule has 0 aliphatic carbocycles. The van der Waals surface area contributed by atoms with Gasteiger partial charge in [0.15, 0.2) is 0 Å². The van der Waals surface area contributed by atoms with E-state index in [1.807, 2.05) is 6.92 Å². The molecule has 2 aliphatic rings. The van der Waals surface area contributed by atoms with Crippen molar-refractivity contribution in [2.45, 2.75) is 58.8 Å². The molecule has 1 N–H and O–H groups in total. The standard InChI is InChI=1S/C21H19Cl2FN2O3.C19H15Cl2FN2O3/c1-2-28-13-6-5-7-14(10-13)29-18-11-15(17(24)12-16(18)22)19-20(23)25-8-3-4-9-26(25)21(19)27;20-14-10-15(22)13(9-16(14)27-12-5-3-4-11(25)8-12)17-18(21)23-6-1-2-7-24(23)19(17)26/h5-7,10-12H,2-4,8-9H2,1H3;3-5,8-10,25H,1-2,6-7H2. The minimum Gasteiger partial charge on any atom is -0.508 e. The summed E-state index contributed by atoms with van der Waals surface area (Å²) in [6.45, 7) is 4.73. The molecule has 6 aromatic rings. The van der Waals surface area contributed by atoms with Gasteiger partial charge in [0.25, 0.3) is 11.1 Å². The number of rotatable bonds is 8. The highest BCUT2D eigenvalue weighted by molar-refractivity contribution is 6.34. The smallest absolute Gasteiger partial charge is 0.276 e. The van der Waals surface area contributed by atoms with E-state index < -0.39 is 11.6 Å². The minimum atomic E-state index is -0.661. The minimum absolute atomic E-state index is 0.0207. The van der Waals surface area contributed by atoms with Crippen molar-refractivity contribution in [1.82, 2.24) is 18.7 Å². The van der Waals surface area contributed by atoms with Crippen LogP contribution in [0.25, 0.3) is 22.3 Å². The van der Waals surface area contributed by atoms with Gasteiger partial charge in [-0.15, -0.1) is 0 Å². The van der Waals surface area contributed by atoms with Crippen LogP contribution in [0.3, 0.4) is 0 Å². The zero-order chi connectivity index (χ0) is 39.7. The lowest BCUT2D eigenvalue weighted by Gasteiger charge is -2.17. The van der Waals surface area contributed by atoms with E-state index in [2.05, 4.69) is 0 Å². The van der Waals surface area contributed by atoms with Gasteiger partial charge in [0.05, 0.1) is 27.8 Å². The number of hydrogen-bond acceptors (Lipinski definition) is 6. The van der Waals surface area contributed by atoms with Gasteiger partial charge in [0.1, 0.15) is 56.4 Å². The molecule has 0 bridgehead atoms. The monoisotopic (exact) mass is 844 g/mol. The van der Waals surface area contributed by atoms with Crippen molar-refractivity contribution in [2.75, 3.05) is 6.61 Å². The van der Waals surface area contributed by atoms with Crippen molar-refractivity contribution in [3.8, 4) is 56.8 Å². The van der Waals surface area contributed by atoms with Crippen LogP contribution in [0.1, 0.15) is 32.6 Å². The first-order valence-corrected chi connectivity index (χ1v) is 19.3. The molecular formula is C40H34Cl4F2N4O6. The summed E-state index contributed by atoms with van der Waals surface area (Å²) in [7, 11) is 0. The number of hydrogen-bond donors (Lipinski definition) is 1. The molecule has 10 nitrogen and oxygen atoms in total. The molecule has 2 aliphatic heterocycles. The van der Waals surface area contributed by atoms with Gasteiger partial charge < -0.3 is 19.3 Å². The molecule has 0 saturated heterocycles. The fourth-order valence-corrected chi connectivity index (χ4v) is 7.79. The summed E-state index contributed by atoms with van der Waals surface area (Å²) >= 11 is 25.2. The van der Waals surface area contributed by atoms with Gasteiger partial charge in [-0.3, -0.25) is 19.0 Å². The molecular weight excluding hydrogens is 812 g/mol. The molecule has 8 rings (SSSR count). The maximum absolute atomic E-state index is 14.8. The molecule has 292 valence electrons. The zero-order valence-corrected chi connectivity index (χ0v) is 32.9. The van der Waals surface area contributed by atoms with E-state index in [4.69, 9.17) is 60.6 Å². The Balaban J connectivity index is 0.000000172. The van der Waals surface area contributed by atoms with Crippen molar-refractivity contribution in [1.29, 1.82) is 0 Å². The van der Waals surface area contributed by atoms with Gasteiger partial charge in [-0.1, -0.05) is 58.5 Å². The van der Waals surface area contributed by atoms with E-state index in [0.29, 0.717) is 50.0 Å². The third-order valence-electron chi connectivity index (χ3n) is 9.30. The first kappa shape index (κ1) is 39.4. The van der Waals surface area contributed by atoms with Gasteiger partial charge in [0, 0.05) is 49.4 Å². The zero-order valence-electron chi connectivity index (χ0n) is 29.8. The Labute approximate surface area is 339 Å². The number of ether oxygens (including phenoxy) is 3. The number of fused-ring (bicyclic) bond motifs is 2. The third-order valence-corrected chi connectivity index (χ3v) is 10.7. The molecule has 4 aromatic carbocycles. The van der Waals surface area contributed by atoms with Crippen LogP contribution in [0.5, 0.6) is 34.5 Å². The normalized spacial score (nSPS) is 13.3. The highest BCUT2D eigenvalue weighted by atomic mass is 35.5. The highest BCUT2D eigenvalue weighted by Gasteiger charge is 2.27. The van der Waals surface area contributed by atoms with Crippen molar-refractivity contribution >= 4 is 46.4 Å². The summed E-state index contributed by atoms with van der Waals surface area (Å²) in [5.41, 5.74) is -0.359. The molecule has 4 heterocycles. The number of nitrogens with zero attached hydrogens (tertiary/aromatic N) is 4. The first-order valence-electron chi connectivity index (χ1n) is 17.8. The molecule has 16 heteroatoms. The Hall–Kier alpha value is -4.88. The van der Waals surface area contributed by atoms with E-state index in [1.54, 1.807) is 50.4 Å². The lowest BCUT2D eigenvalue weighted by Crippen LogP contribution is -2.27. The SMILES string of the molecule is CCOc1cccc(Oc2cc(-c3c(Cl)n4n(c3=O)CCCC4)c(F)cc2Cl)c1.O=c1c(-c2cc(Oc3cccc(O)c3)c(Cl)cc2F)c(Cl)n2n1CCCC2. The van der Waals surface area contributed by atoms with Crippen molar-refractivity contribution < 1.29 is 28.1 Å². The number of phenolic OH excluding ortho intramolecular Hbond substituents is 1. The summed E-state index contributed by atoms with van der Waals surface area (Å²) in [5, 5.41) is 10.1. The molecule has 0 amide bonds. The topological polar surface area (TPSA) is 102 Å². The van der Waals surface area contributed by atoms with E-state index in [0.717, 1.165) is 37.8 Å². The Kier molecular flexibility index (Phi) is 11.7. The van der Waals surface area contributed by atoms with Crippen LogP contribution in [0, 0.1) is 11.6 Å². The Morgan fingerprint density at radius 2 is 1.04 bits per heavy atom. The predicted molar refractivity (Wildman–Crippen MR) is 213 cm³/mol. The second kappa shape index (κ2) is 16.7. The van der Waals surface area contributed by atoms with Crippen molar-refractivity contribution in [2.24, 2.45) is 0 Å². The van der Waals surface area contributed by atoms with Gasteiger partial charge in [-0.25, -0.2) is 18.1 Å². The second-order valence-electron chi connectivity index (χ2n) is 13.0. The maximum atomic E-state index is 14.8. The van der Waals surface area contributed by atoms with Crippen LogP contribution in [0.4, 0.5) is 8.78 Å². The molecule has 0 unspecified atom stereocenters. The molecule has 0 saturated carbocycles. The fraction of sp³-hybridized carbons (Fsp3) is 0.250. The molecule has 0 spiro atoms. The summed E-state index contributed by atoms with van der Waals surface area (Å²) in [4.78, 5) is 25.6. The average molecular weight is 847 g/mol. The van der Waals surface area contributed by atoms with Crippen molar-refractivity contribution in [3.05, 3.63) is 125 Å². The Morgan fingerprint density at radius 3 is 1.48 bits per heavy atom. The Morgan fingerprint density at radius 1 is 0.607 bits per heavy atom. The number of benzene rings is 4. The third kappa shape index (κ3) is 7.88.